The second kappa shape index (κ2) is 8.78. The number of anilines is 1. The van der Waals surface area contributed by atoms with Gasteiger partial charge in [0.05, 0.1) is 23.8 Å². The van der Waals surface area contributed by atoms with E-state index >= 15 is 0 Å². The molecule has 2 N–H and O–H groups in total. The second-order valence-electron chi connectivity index (χ2n) is 8.09. The molecule has 0 bridgehead atoms. The lowest BCUT2D eigenvalue weighted by Gasteiger charge is -2.30. The first-order valence-electron chi connectivity index (χ1n) is 10.4. The molecule has 0 radical (unpaired) electrons. The van der Waals surface area contributed by atoms with E-state index in [1.54, 1.807) is 11.9 Å². The van der Waals surface area contributed by atoms with Crippen molar-refractivity contribution >= 4 is 17.5 Å². The number of likely N-dealkylation sites (N-methyl/N-ethyl adjacent to an activating group) is 1. The van der Waals surface area contributed by atoms with Gasteiger partial charge in [0.2, 0.25) is 5.91 Å². The van der Waals surface area contributed by atoms with Crippen molar-refractivity contribution in [2.75, 3.05) is 25.2 Å². The third-order valence-electron chi connectivity index (χ3n) is 6.12. The minimum atomic E-state index is -0.339. The van der Waals surface area contributed by atoms with Crippen molar-refractivity contribution in [1.82, 2.24) is 0 Å². The van der Waals surface area contributed by atoms with Gasteiger partial charge in [0.25, 0.3) is 5.91 Å². The largest absolute Gasteiger partial charge is 0.482 e. The molecule has 2 aliphatic rings. The number of nitrogens with two attached hydrogens (primary N) is 1. The highest BCUT2D eigenvalue weighted by Gasteiger charge is 2.32. The van der Waals surface area contributed by atoms with E-state index in [1.807, 2.05) is 42.5 Å². The van der Waals surface area contributed by atoms with Crippen LogP contribution in [0.2, 0.25) is 0 Å². The lowest BCUT2D eigenvalue weighted by Crippen LogP contribution is -2.37. The van der Waals surface area contributed by atoms with Gasteiger partial charge in [-0.2, -0.15) is 5.26 Å². The molecule has 7 heteroatoms. The molecule has 2 aliphatic heterocycles. The zero-order valence-electron chi connectivity index (χ0n) is 17.4. The van der Waals surface area contributed by atoms with E-state index in [4.69, 9.17) is 15.2 Å². The van der Waals surface area contributed by atoms with E-state index in [9.17, 15) is 14.9 Å². The summed E-state index contributed by atoms with van der Waals surface area (Å²) in [5, 5.41) is 9.67. The summed E-state index contributed by atoms with van der Waals surface area (Å²) in [7, 11) is 1.74. The molecule has 2 amide bonds. The molecule has 0 aliphatic carbocycles. The van der Waals surface area contributed by atoms with Crippen molar-refractivity contribution in [2.24, 2.45) is 17.6 Å². The summed E-state index contributed by atoms with van der Waals surface area (Å²) in [6.07, 6.45) is 1.37. The average molecular weight is 419 g/mol. The van der Waals surface area contributed by atoms with Gasteiger partial charge in [0.15, 0.2) is 6.61 Å². The Morgan fingerprint density at radius 3 is 2.71 bits per heavy atom. The fourth-order valence-corrected chi connectivity index (χ4v) is 4.17. The maximum absolute atomic E-state index is 11.9. The Bertz CT molecular complexity index is 1030. The number of hydrogen-bond donors (Lipinski definition) is 1. The molecule has 0 saturated carbocycles. The minimum absolute atomic E-state index is 0.0580. The standard InChI is InChI=1S/C24H25N3O4/c1-27-20-11-17(6-7-21(20)31-14-23(27)28)16-4-2-15(3-5-16)10-19(13-25)22-12-18(24(26)29)8-9-30-22/h2-7,11,18-19,22H,8-10,12,14H2,1H3,(H2,26,29). The van der Waals surface area contributed by atoms with Gasteiger partial charge in [-0.25, -0.2) is 0 Å². The Labute approximate surface area is 181 Å². The van der Waals surface area contributed by atoms with Crippen molar-refractivity contribution in [3.8, 4) is 22.9 Å². The number of fused-ring (bicyclic) bond motifs is 1. The van der Waals surface area contributed by atoms with Crippen molar-refractivity contribution in [3.05, 3.63) is 48.0 Å². The molecule has 0 spiro atoms. The summed E-state index contributed by atoms with van der Waals surface area (Å²) in [5.41, 5.74) is 9.21. The molecule has 0 aromatic heterocycles. The maximum Gasteiger partial charge on any atom is 0.264 e. The Morgan fingerprint density at radius 2 is 2.00 bits per heavy atom. The molecule has 1 saturated heterocycles. The number of amides is 2. The van der Waals surface area contributed by atoms with Crippen LogP contribution in [0.3, 0.4) is 0 Å². The third-order valence-corrected chi connectivity index (χ3v) is 6.12. The molecular formula is C24H25N3O4. The van der Waals surface area contributed by atoms with Crippen molar-refractivity contribution in [1.29, 1.82) is 5.26 Å². The van der Waals surface area contributed by atoms with Crippen LogP contribution in [0.1, 0.15) is 18.4 Å². The molecule has 1 fully saturated rings. The van der Waals surface area contributed by atoms with E-state index in [2.05, 4.69) is 6.07 Å². The highest BCUT2D eigenvalue weighted by atomic mass is 16.5. The fourth-order valence-electron chi connectivity index (χ4n) is 4.17. The number of hydrogen-bond acceptors (Lipinski definition) is 5. The Morgan fingerprint density at radius 1 is 1.26 bits per heavy atom. The smallest absolute Gasteiger partial charge is 0.264 e. The predicted molar refractivity (Wildman–Crippen MR) is 115 cm³/mol. The van der Waals surface area contributed by atoms with Crippen LogP contribution in [0, 0.1) is 23.2 Å². The van der Waals surface area contributed by atoms with Crippen LogP contribution < -0.4 is 15.4 Å². The quantitative estimate of drug-likeness (QED) is 0.802. The van der Waals surface area contributed by atoms with Crippen molar-refractivity contribution in [2.45, 2.75) is 25.4 Å². The molecule has 2 heterocycles. The summed E-state index contributed by atoms with van der Waals surface area (Å²) < 4.78 is 11.3. The van der Waals surface area contributed by atoms with Crippen LogP contribution in [0.25, 0.3) is 11.1 Å². The van der Waals surface area contributed by atoms with Gasteiger partial charge in [-0.3, -0.25) is 9.59 Å². The Hall–Kier alpha value is -3.37. The molecule has 4 rings (SSSR count). The molecule has 3 unspecified atom stereocenters. The molecule has 2 aromatic carbocycles. The fraction of sp³-hybridized carbons (Fsp3) is 0.375. The molecule has 7 nitrogen and oxygen atoms in total. The number of carbonyl (C=O) groups excluding carboxylic acids is 2. The summed E-state index contributed by atoms with van der Waals surface area (Å²) in [6, 6.07) is 16.1. The number of primary amides is 1. The van der Waals surface area contributed by atoms with Gasteiger partial charge < -0.3 is 20.1 Å². The van der Waals surface area contributed by atoms with Crippen LogP contribution >= 0.6 is 0 Å². The summed E-state index contributed by atoms with van der Waals surface area (Å²) in [6.45, 7) is 0.511. The van der Waals surface area contributed by atoms with Crippen LogP contribution in [0.5, 0.6) is 5.75 Å². The van der Waals surface area contributed by atoms with Gasteiger partial charge in [-0.1, -0.05) is 30.3 Å². The number of ether oxygens (including phenoxy) is 2. The number of rotatable bonds is 5. The lowest BCUT2D eigenvalue weighted by atomic mass is 9.85. The second-order valence-corrected chi connectivity index (χ2v) is 8.09. The highest BCUT2D eigenvalue weighted by Crippen LogP contribution is 2.35. The van der Waals surface area contributed by atoms with E-state index in [-0.39, 0.29) is 36.4 Å². The molecule has 3 atom stereocenters. The van der Waals surface area contributed by atoms with Crippen molar-refractivity contribution in [3.63, 3.8) is 0 Å². The predicted octanol–water partition coefficient (Wildman–Crippen LogP) is 2.67. The van der Waals surface area contributed by atoms with Gasteiger partial charge in [-0.05, 0) is 48.1 Å². The van der Waals surface area contributed by atoms with E-state index in [1.165, 1.54) is 0 Å². The van der Waals surface area contributed by atoms with Gasteiger partial charge >= 0.3 is 0 Å². The van der Waals surface area contributed by atoms with E-state index in [0.717, 1.165) is 22.4 Å². The number of benzene rings is 2. The van der Waals surface area contributed by atoms with Crippen LogP contribution in [-0.4, -0.2) is 38.2 Å². The average Bonchev–Trinajstić information content (AvgIpc) is 2.80. The van der Waals surface area contributed by atoms with Gasteiger partial charge in [-0.15, -0.1) is 0 Å². The third kappa shape index (κ3) is 4.39. The van der Waals surface area contributed by atoms with Crippen LogP contribution in [-0.2, 0) is 20.7 Å². The summed E-state index contributed by atoms with van der Waals surface area (Å²) >= 11 is 0. The zero-order chi connectivity index (χ0) is 22.0. The molecular weight excluding hydrogens is 394 g/mol. The van der Waals surface area contributed by atoms with E-state index in [0.29, 0.717) is 31.6 Å². The lowest BCUT2D eigenvalue weighted by molar-refractivity contribution is -0.127. The maximum atomic E-state index is 11.9. The van der Waals surface area contributed by atoms with Gasteiger partial charge in [0.1, 0.15) is 5.75 Å². The molecule has 2 aromatic rings. The van der Waals surface area contributed by atoms with Crippen molar-refractivity contribution < 1.29 is 19.1 Å². The van der Waals surface area contributed by atoms with Gasteiger partial charge in [0, 0.05) is 19.6 Å². The van der Waals surface area contributed by atoms with E-state index < -0.39 is 0 Å². The Balaban J connectivity index is 1.48. The molecule has 160 valence electrons. The minimum Gasteiger partial charge on any atom is -0.482 e. The number of carbonyl (C=O) groups is 2. The summed E-state index contributed by atoms with van der Waals surface area (Å²) in [4.78, 5) is 25.0. The monoisotopic (exact) mass is 419 g/mol. The number of nitrogens with zero attached hydrogens (tertiary/aromatic N) is 2. The topological polar surface area (TPSA) is 106 Å². The number of nitriles is 1. The first-order valence-corrected chi connectivity index (χ1v) is 10.4. The first-order chi connectivity index (χ1) is 15.0. The molecule has 31 heavy (non-hydrogen) atoms. The highest BCUT2D eigenvalue weighted by molar-refractivity contribution is 5.98. The normalized spacial score (nSPS) is 21.5. The van der Waals surface area contributed by atoms with Crippen LogP contribution in [0.15, 0.2) is 42.5 Å². The SMILES string of the molecule is CN1C(=O)COc2ccc(-c3ccc(CC(C#N)C4CC(C(N)=O)CCO4)cc3)cc21. The first kappa shape index (κ1) is 20.9. The Kier molecular flexibility index (Phi) is 5.92. The zero-order valence-corrected chi connectivity index (χ0v) is 17.4. The van der Waals surface area contributed by atoms with Crippen LogP contribution in [0.4, 0.5) is 5.69 Å². The summed E-state index contributed by atoms with van der Waals surface area (Å²) in [5.74, 6) is -0.271.